The van der Waals surface area contributed by atoms with E-state index in [4.69, 9.17) is 21.4 Å². The van der Waals surface area contributed by atoms with Gasteiger partial charge >= 0.3 is 5.97 Å². The molecule has 0 radical (unpaired) electrons. The number of nitrogens with zero attached hydrogens (tertiary/aromatic N) is 4. The summed E-state index contributed by atoms with van der Waals surface area (Å²) in [6, 6.07) is 7.02. The monoisotopic (exact) mass is 426 g/mol. The summed E-state index contributed by atoms with van der Waals surface area (Å²) >= 11 is 6.25. The number of ether oxygens (including phenoxy) is 1. The third-order valence-electron chi connectivity index (χ3n) is 5.05. The van der Waals surface area contributed by atoms with E-state index in [-0.39, 0.29) is 12.3 Å². The number of pyridine rings is 1. The number of aromatic nitrogens is 3. The minimum Gasteiger partial charge on any atom is -0.495 e. The number of hydrogen-bond acceptors (Lipinski definition) is 5. The van der Waals surface area contributed by atoms with Crippen LogP contribution in [0.1, 0.15) is 27.3 Å². The lowest BCUT2D eigenvalue weighted by Crippen LogP contribution is -2.37. The third kappa shape index (κ3) is 3.50. The first-order chi connectivity index (χ1) is 14.4. The molecule has 1 amide bonds. The zero-order valence-electron chi connectivity index (χ0n) is 16.4. The number of carboxylic acids is 1. The predicted molar refractivity (Wildman–Crippen MR) is 111 cm³/mol. The molecule has 0 saturated carbocycles. The molecule has 8 nitrogen and oxygen atoms in total. The second-order valence-electron chi connectivity index (χ2n) is 6.97. The SMILES string of the molecule is COc1ccc(-n2nc3c(c2C)C(=O)N(c2cncc(CC(=O)O)c2)CC3)cc1Cl. The van der Waals surface area contributed by atoms with Crippen molar-refractivity contribution in [1.29, 1.82) is 0 Å². The van der Waals surface area contributed by atoms with E-state index in [1.807, 2.05) is 13.0 Å². The summed E-state index contributed by atoms with van der Waals surface area (Å²) in [7, 11) is 1.55. The number of methoxy groups -OCH3 is 1. The summed E-state index contributed by atoms with van der Waals surface area (Å²) in [6.45, 7) is 2.27. The molecule has 2 aromatic heterocycles. The molecule has 0 aliphatic carbocycles. The topological polar surface area (TPSA) is 97.6 Å². The number of rotatable bonds is 5. The van der Waals surface area contributed by atoms with Crippen molar-refractivity contribution in [2.75, 3.05) is 18.6 Å². The lowest BCUT2D eigenvalue weighted by Gasteiger charge is -2.26. The van der Waals surface area contributed by atoms with Gasteiger partial charge in [0.15, 0.2) is 0 Å². The first-order valence-electron chi connectivity index (χ1n) is 9.29. The van der Waals surface area contributed by atoms with Crippen molar-refractivity contribution in [1.82, 2.24) is 14.8 Å². The average Bonchev–Trinajstić information content (AvgIpc) is 3.05. The minimum absolute atomic E-state index is 0.149. The highest BCUT2D eigenvalue weighted by molar-refractivity contribution is 6.32. The molecule has 1 aliphatic heterocycles. The lowest BCUT2D eigenvalue weighted by atomic mass is 10.0. The number of carbonyl (C=O) groups is 2. The fourth-order valence-corrected chi connectivity index (χ4v) is 3.90. The Bertz CT molecular complexity index is 1160. The van der Waals surface area contributed by atoms with Crippen LogP contribution in [0.25, 0.3) is 5.69 Å². The molecule has 1 aromatic carbocycles. The Morgan fingerprint density at radius 2 is 2.07 bits per heavy atom. The maximum atomic E-state index is 13.3. The van der Waals surface area contributed by atoms with Gasteiger partial charge in [0.05, 0.1) is 53.1 Å². The number of anilines is 1. The van der Waals surface area contributed by atoms with Crippen LogP contribution in [-0.2, 0) is 17.6 Å². The fourth-order valence-electron chi connectivity index (χ4n) is 3.65. The summed E-state index contributed by atoms with van der Waals surface area (Å²) in [6.07, 6.45) is 3.48. The van der Waals surface area contributed by atoms with E-state index in [9.17, 15) is 9.59 Å². The van der Waals surface area contributed by atoms with Crippen molar-refractivity contribution in [3.05, 3.63) is 64.2 Å². The van der Waals surface area contributed by atoms with Gasteiger partial charge in [-0.3, -0.25) is 14.6 Å². The number of carbonyl (C=O) groups excluding carboxylic acids is 1. The van der Waals surface area contributed by atoms with Crippen molar-refractivity contribution < 1.29 is 19.4 Å². The Balaban J connectivity index is 1.69. The Kier molecular flexibility index (Phi) is 5.17. The van der Waals surface area contributed by atoms with Gasteiger partial charge in [-0.05, 0) is 36.8 Å². The molecule has 0 atom stereocenters. The summed E-state index contributed by atoms with van der Waals surface area (Å²) in [5.74, 6) is -0.573. The van der Waals surface area contributed by atoms with Crippen LogP contribution in [0.2, 0.25) is 5.02 Å². The Morgan fingerprint density at radius 3 is 2.77 bits per heavy atom. The van der Waals surface area contributed by atoms with Gasteiger partial charge < -0.3 is 14.7 Å². The van der Waals surface area contributed by atoms with Crippen LogP contribution in [0.4, 0.5) is 5.69 Å². The van der Waals surface area contributed by atoms with Gasteiger partial charge in [0.2, 0.25) is 0 Å². The average molecular weight is 427 g/mol. The Hall–Kier alpha value is -3.39. The molecule has 0 spiro atoms. The standard InChI is InChI=1S/C21H19ClN4O4/c1-12-20-17(24-26(12)14-3-4-18(30-2)16(22)9-14)5-6-25(21(20)29)15-7-13(8-19(27)28)10-23-11-15/h3-4,7,9-11H,5-6,8H2,1-2H3,(H,27,28). The summed E-state index contributed by atoms with van der Waals surface area (Å²) in [5, 5.41) is 14.1. The molecule has 30 heavy (non-hydrogen) atoms. The van der Waals surface area contributed by atoms with Crippen LogP contribution in [0.3, 0.4) is 0 Å². The number of hydrogen-bond donors (Lipinski definition) is 1. The zero-order chi connectivity index (χ0) is 21.4. The van der Waals surface area contributed by atoms with Crippen LogP contribution in [-0.4, -0.2) is 45.4 Å². The molecule has 4 rings (SSSR count). The number of fused-ring (bicyclic) bond motifs is 1. The van der Waals surface area contributed by atoms with Gasteiger partial charge in [-0.25, -0.2) is 4.68 Å². The number of carboxylic acid groups (broad SMARTS) is 1. The van der Waals surface area contributed by atoms with Crippen molar-refractivity contribution >= 4 is 29.2 Å². The molecule has 0 saturated heterocycles. The van der Waals surface area contributed by atoms with E-state index in [0.29, 0.717) is 46.2 Å². The zero-order valence-corrected chi connectivity index (χ0v) is 17.2. The van der Waals surface area contributed by atoms with Crippen molar-refractivity contribution in [2.45, 2.75) is 19.8 Å². The number of halogens is 1. The van der Waals surface area contributed by atoms with Gasteiger partial charge in [0.1, 0.15) is 5.75 Å². The molecule has 1 N–H and O–H groups in total. The summed E-state index contributed by atoms with van der Waals surface area (Å²) in [4.78, 5) is 30.0. The molecule has 9 heteroatoms. The molecule has 0 bridgehead atoms. The molecule has 0 unspecified atom stereocenters. The molecular weight excluding hydrogens is 408 g/mol. The van der Waals surface area contributed by atoms with E-state index in [1.54, 1.807) is 41.1 Å². The normalized spacial score (nSPS) is 13.3. The number of benzene rings is 1. The van der Waals surface area contributed by atoms with Crippen LogP contribution in [0.15, 0.2) is 36.7 Å². The van der Waals surface area contributed by atoms with Gasteiger partial charge in [-0.2, -0.15) is 5.10 Å². The molecule has 154 valence electrons. The van der Waals surface area contributed by atoms with Crippen molar-refractivity contribution in [2.24, 2.45) is 0 Å². The lowest BCUT2D eigenvalue weighted by molar-refractivity contribution is -0.136. The van der Waals surface area contributed by atoms with Crippen LogP contribution in [0.5, 0.6) is 5.75 Å². The molecule has 1 aliphatic rings. The first-order valence-corrected chi connectivity index (χ1v) is 9.67. The van der Waals surface area contributed by atoms with Crippen LogP contribution >= 0.6 is 11.6 Å². The third-order valence-corrected chi connectivity index (χ3v) is 5.34. The number of aliphatic carboxylic acids is 1. The number of amides is 1. The Labute approximate surface area is 177 Å². The first kappa shape index (κ1) is 19.9. The van der Waals surface area contributed by atoms with Crippen LogP contribution < -0.4 is 9.64 Å². The van der Waals surface area contributed by atoms with Gasteiger partial charge in [0.25, 0.3) is 5.91 Å². The maximum Gasteiger partial charge on any atom is 0.307 e. The quantitative estimate of drug-likeness (QED) is 0.673. The highest BCUT2D eigenvalue weighted by atomic mass is 35.5. The molecular formula is C21H19ClN4O4. The largest absolute Gasteiger partial charge is 0.495 e. The van der Waals surface area contributed by atoms with E-state index >= 15 is 0 Å². The van der Waals surface area contributed by atoms with E-state index in [2.05, 4.69) is 10.1 Å². The summed E-state index contributed by atoms with van der Waals surface area (Å²) < 4.78 is 6.90. The highest BCUT2D eigenvalue weighted by Gasteiger charge is 2.31. The fraction of sp³-hybridized carbons (Fsp3) is 0.238. The van der Waals surface area contributed by atoms with Gasteiger partial charge in [-0.15, -0.1) is 0 Å². The summed E-state index contributed by atoms with van der Waals surface area (Å²) in [5.41, 5.74) is 3.81. The van der Waals surface area contributed by atoms with Crippen molar-refractivity contribution in [3.63, 3.8) is 0 Å². The van der Waals surface area contributed by atoms with E-state index in [0.717, 1.165) is 11.4 Å². The second-order valence-corrected chi connectivity index (χ2v) is 7.37. The molecule has 3 aromatic rings. The van der Waals surface area contributed by atoms with Gasteiger partial charge in [-0.1, -0.05) is 11.6 Å². The van der Waals surface area contributed by atoms with E-state index < -0.39 is 5.97 Å². The second kappa shape index (κ2) is 7.79. The van der Waals surface area contributed by atoms with Gasteiger partial charge in [0, 0.05) is 19.2 Å². The van der Waals surface area contributed by atoms with Crippen molar-refractivity contribution in [3.8, 4) is 11.4 Å². The molecule has 0 fully saturated rings. The predicted octanol–water partition coefficient (Wildman–Crippen LogP) is 3.07. The smallest absolute Gasteiger partial charge is 0.307 e. The van der Waals surface area contributed by atoms with Crippen LogP contribution in [0, 0.1) is 6.92 Å². The minimum atomic E-state index is -0.948. The maximum absolute atomic E-state index is 13.3. The Morgan fingerprint density at radius 1 is 1.27 bits per heavy atom. The molecule has 3 heterocycles. The highest BCUT2D eigenvalue weighted by Crippen LogP contribution is 2.31. The van der Waals surface area contributed by atoms with E-state index in [1.165, 1.54) is 6.20 Å².